The van der Waals surface area contributed by atoms with Crippen molar-refractivity contribution in [3.8, 4) is 0 Å². The third kappa shape index (κ3) is 3.96. The van der Waals surface area contributed by atoms with Gasteiger partial charge in [0.2, 0.25) is 0 Å². The number of hydrogen-bond acceptors (Lipinski definition) is 4. The Balaban J connectivity index is 1.46. The quantitative estimate of drug-likeness (QED) is 0.913. The minimum absolute atomic E-state index is 0.293. The van der Waals surface area contributed by atoms with Crippen molar-refractivity contribution in [3.63, 3.8) is 0 Å². The lowest BCUT2D eigenvalue weighted by Gasteiger charge is -2.31. The second-order valence-corrected chi connectivity index (χ2v) is 7.71. The highest BCUT2D eigenvalue weighted by molar-refractivity contribution is 5.87. The number of ether oxygens (including phenoxy) is 2. The highest BCUT2D eigenvalue weighted by Gasteiger charge is 2.23. The fourth-order valence-corrected chi connectivity index (χ4v) is 4.21. The lowest BCUT2D eigenvalue weighted by Crippen LogP contribution is -2.44. The van der Waals surface area contributed by atoms with Crippen LogP contribution in [0.2, 0.25) is 0 Å². The van der Waals surface area contributed by atoms with E-state index in [1.165, 1.54) is 27.7 Å². The van der Waals surface area contributed by atoms with Crippen LogP contribution in [-0.4, -0.2) is 73.4 Å². The van der Waals surface area contributed by atoms with E-state index >= 15 is 0 Å². The molecule has 4 rings (SSSR count). The number of aromatic amines is 1. The number of nitrogens with zero attached hydrogens (tertiary/aromatic N) is 2. The standard InChI is InChI=1S/C21H31N3O2/c1-16-17(2)22-21-18(5-3-6-20(16)21)13-24-7-4-10-26-19(15-24)14-23-8-11-25-12-9-23/h3,5-6,19,22H,4,7-15H2,1-2H3. The number of hydrogen-bond donors (Lipinski definition) is 1. The summed E-state index contributed by atoms with van der Waals surface area (Å²) in [6, 6.07) is 6.68. The Morgan fingerprint density at radius 2 is 1.92 bits per heavy atom. The van der Waals surface area contributed by atoms with E-state index in [9.17, 15) is 0 Å². The second-order valence-electron chi connectivity index (χ2n) is 7.71. The predicted octanol–water partition coefficient (Wildman–Crippen LogP) is 2.71. The number of fused-ring (bicyclic) bond motifs is 1. The molecule has 1 atom stereocenters. The van der Waals surface area contributed by atoms with E-state index in [1.54, 1.807) is 0 Å². The summed E-state index contributed by atoms with van der Waals surface area (Å²) < 4.78 is 11.6. The molecule has 1 aromatic carbocycles. The Hall–Kier alpha value is -1.40. The minimum Gasteiger partial charge on any atom is -0.379 e. The summed E-state index contributed by atoms with van der Waals surface area (Å²) in [5, 5.41) is 1.36. The summed E-state index contributed by atoms with van der Waals surface area (Å²) in [5.41, 5.74) is 5.34. The molecule has 3 heterocycles. The van der Waals surface area contributed by atoms with Crippen LogP contribution >= 0.6 is 0 Å². The summed E-state index contributed by atoms with van der Waals surface area (Å²) in [4.78, 5) is 8.65. The molecule has 0 spiro atoms. The average Bonchev–Trinajstić information content (AvgIpc) is 2.82. The van der Waals surface area contributed by atoms with E-state index in [0.29, 0.717) is 6.10 Å². The monoisotopic (exact) mass is 357 g/mol. The Bertz CT molecular complexity index is 736. The van der Waals surface area contributed by atoms with Crippen molar-refractivity contribution in [1.29, 1.82) is 0 Å². The van der Waals surface area contributed by atoms with Gasteiger partial charge in [0, 0.05) is 57.0 Å². The van der Waals surface area contributed by atoms with Crippen molar-refractivity contribution >= 4 is 10.9 Å². The highest BCUT2D eigenvalue weighted by Crippen LogP contribution is 2.25. The highest BCUT2D eigenvalue weighted by atomic mass is 16.5. The largest absolute Gasteiger partial charge is 0.379 e. The molecule has 2 aliphatic rings. The molecule has 1 unspecified atom stereocenters. The molecule has 0 bridgehead atoms. The third-order valence-electron chi connectivity index (χ3n) is 5.82. The summed E-state index contributed by atoms with van der Waals surface area (Å²) >= 11 is 0. The van der Waals surface area contributed by atoms with Crippen molar-refractivity contribution in [2.24, 2.45) is 0 Å². The van der Waals surface area contributed by atoms with Gasteiger partial charge >= 0.3 is 0 Å². The van der Waals surface area contributed by atoms with Gasteiger partial charge in [-0.25, -0.2) is 0 Å². The lowest BCUT2D eigenvalue weighted by atomic mass is 10.1. The Morgan fingerprint density at radius 1 is 1.08 bits per heavy atom. The molecule has 0 radical (unpaired) electrons. The van der Waals surface area contributed by atoms with Crippen LogP contribution in [0.4, 0.5) is 0 Å². The van der Waals surface area contributed by atoms with Crippen molar-refractivity contribution < 1.29 is 9.47 Å². The van der Waals surface area contributed by atoms with Gasteiger partial charge in [-0.3, -0.25) is 9.80 Å². The zero-order valence-electron chi connectivity index (χ0n) is 16.1. The molecule has 26 heavy (non-hydrogen) atoms. The molecule has 2 saturated heterocycles. The summed E-state index contributed by atoms with van der Waals surface area (Å²) in [6.45, 7) is 13.1. The van der Waals surface area contributed by atoms with Crippen LogP contribution in [0.1, 0.15) is 23.2 Å². The fourth-order valence-electron chi connectivity index (χ4n) is 4.21. The minimum atomic E-state index is 0.293. The molecule has 2 aromatic rings. The van der Waals surface area contributed by atoms with E-state index in [2.05, 4.69) is 46.8 Å². The normalized spacial score (nSPS) is 23.4. The zero-order chi connectivity index (χ0) is 17.9. The molecule has 0 aliphatic carbocycles. The first kappa shape index (κ1) is 18.0. The van der Waals surface area contributed by atoms with Crippen LogP contribution in [0.25, 0.3) is 10.9 Å². The van der Waals surface area contributed by atoms with Gasteiger partial charge in [0.1, 0.15) is 0 Å². The van der Waals surface area contributed by atoms with Crippen molar-refractivity contribution in [1.82, 2.24) is 14.8 Å². The molecule has 0 saturated carbocycles. The molecule has 142 valence electrons. The maximum atomic E-state index is 6.15. The van der Waals surface area contributed by atoms with Gasteiger partial charge < -0.3 is 14.5 Å². The predicted molar refractivity (Wildman–Crippen MR) is 105 cm³/mol. The molecule has 1 N–H and O–H groups in total. The van der Waals surface area contributed by atoms with E-state index in [1.807, 2.05) is 0 Å². The lowest BCUT2D eigenvalue weighted by molar-refractivity contribution is -0.0122. The smallest absolute Gasteiger partial charge is 0.0828 e. The van der Waals surface area contributed by atoms with Gasteiger partial charge in [-0.2, -0.15) is 0 Å². The Kier molecular flexibility index (Phi) is 5.60. The van der Waals surface area contributed by atoms with Gasteiger partial charge in [-0.1, -0.05) is 18.2 Å². The first-order valence-corrected chi connectivity index (χ1v) is 9.91. The molecule has 0 amide bonds. The molecular weight excluding hydrogens is 326 g/mol. The van der Waals surface area contributed by atoms with Gasteiger partial charge in [0.05, 0.1) is 24.8 Å². The number of nitrogens with one attached hydrogen (secondary N) is 1. The maximum Gasteiger partial charge on any atom is 0.0828 e. The van der Waals surface area contributed by atoms with Crippen LogP contribution in [-0.2, 0) is 16.0 Å². The molecule has 5 nitrogen and oxygen atoms in total. The topological polar surface area (TPSA) is 40.7 Å². The first-order chi connectivity index (χ1) is 12.7. The van der Waals surface area contributed by atoms with Crippen LogP contribution in [0.3, 0.4) is 0 Å². The van der Waals surface area contributed by atoms with E-state index in [-0.39, 0.29) is 0 Å². The number of rotatable bonds is 4. The van der Waals surface area contributed by atoms with Crippen LogP contribution in [0.5, 0.6) is 0 Å². The van der Waals surface area contributed by atoms with E-state index in [4.69, 9.17) is 9.47 Å². The van der Waals surface area contributed by atoms with Gasteiger partial charge in [-0.15, -0.1) is 0 Å². The number of benzene rings is 1. The molecule has 1 aromatic heterocycles. The van der Waals surface area contributed by atoms with Crippen LogP contribution < -0.4 is 0 Å². The summed E-state index contributed by atoms with van der Waals surface area (Å²) in [5.74, 6) is 0. The number of aryl methyl sites for hydroxylation is 2. The third-order valence-corrected chi connectivity index (χ3v) is 5.82. The van der Waals surface area contributed by atoms with E-state index in [0.717, 1.165) is 65.5 Å². The van der Waals surface area contributed by atoms with Crippen LogP contribution in [0, 0.1) is 13.8 Å². The summed E-state index contributed by atoms with van der Waals surface area (Å²) in [6.07, 6.45) is 1.40. The molecule has 2 fully saturated rings. The van der Waals surface area contributed by atoms with E-state index < -0.39 is 0 Å². The molecular formula is C21H31N3O2. The fraction of sp³-hybridized carbons (Fsp3) is 0.619. The number of para-hydroxylation sites is 1. The van der Waals surface area contributed by atoms with Gasteiger partial charge in [0.15, 0.2) is 0 Å². The average molecular weight is 357 g/mol. The Labute approximate surface area is 156 Å². The van der Waals surface area contributed by atoms with Crippen LogP contribution in [0.15, 0.2) is 18.2 Å². The number of morpholine rings is 1. The number of aromatic nitrogens is 1. The van der Waals surface area contributed by atoms with Gasteiger partial charge in [0.25, 0.3) is 0 Å². The number of H-pyrrole nitrogens is 1. The molecule has 2 aliphatic heterocycles. The SMILES string of the molecule is Cc1[nH]c2c(CN3CCCOC(CN4CCOCC4)C3)cccc2c1C. The zero-order valence-corrected chi connectivity index (χ0v) is 16.1. The van der Waals surface area contributed by atoms with Crippen molar-refractivity contribution in [2.45, 2.75) is 32.9 Å². The van der Waals surface area contributed by atoms with Crippen molar-refractivity contribution in [3.05, 3.63) is 35.0 Å². The first-order valence-electron chi connectivity index (χ1n) is 9.91. The van der Waals surface area contributed by atoms with Crippen molar-refractivity contribution in [2.75, 3.05) is 52.5 Å². The molecule has 5 heteroatoms. The van der Waals surface area contributed by atoms with Gasteiger partial charge in [-0.05, 0) is 31.4 Å². The Morgan fingerprint density at radius 3 is 2.77 bits per heavy atom. The maximum absolute atomic E-state index is 6.15. The summed E-state index contributed by atoms with van der Waals surface area (Å²) in [7, 11) is 0. The second kappa shape index (κ2) is 8.09.